The maximum atomic E-state index is 14.1. The van der Waals surface area contributed by atoms with Crippen LogP contribution in [0.4, 0.5) is 10.1 Å². The summed E-state index contributed by atoms with van der Waals surface area (Å²) in [5.41, 5.74) is 0.619. The fraction of sp³-hybridized carbons (Fsp3) is 0.333. The third-order valence-electron chi connectivity index (χ3n) is 6.49. The average Bonchev–Trinajstić information content (AvgIpc) is 2.97. The van der Waals surface area contributed by atoms with Gasteiger partial charge in [0.25, 0.3) is 10.0 Å². The van der Waals surface area contributed by atoms with Crippen molar-refractivity contribution in [1.29, 1.82) is 0 Å². The Balaban J connectivity index is 2.11. The number of anilines is 1. The third-order valence-corrected chi connectivity index (χ3v) is 9.00. The number of nitrogens with zero attached hydrogens (tertiary/aromatic N) is 2. The molecule has 0 unspecified atom stereocenters. The van der Waals surface area contributed by atoms with Crippen LogP contribution in [0.15, 0.2) is 65.6 Å². The highest BCUT2D eigenvalue weighted by molar-refractivity contribution is 7.92. The number of nitrogens with one attached hydrogen (secondary N) is 1. The molecular formula is C30H34Cl2FN3O6S. The van der Waals surface area contributed by atoms with Gasteiger partial charge in [0.2, 0.25) is 11.8 Å². The van der Waals surface area contributed by atoms with Gasteiger partial charge in [-0.2, -0.15) is 0 Å². The van der Waals surface area contributed by atoms with Crippen molar-refractivity contribution in [3.05, 3.63) is 82.1 Å². The molecule has 232 valence electrons. The molecule has 3 aromatic rings. The topological polar surface area (TPSA) is 105 Å². The minimum atomic E-state index is -4.42. The van der Waals surface area contributed by atoms with E-state index < -0.39 is 40.2 Å². The molecule has 43 heavy (non-hydrogen) atoms. The van der Waals surface area contributed by atoms with Crippen molar-refractivity contribution in [2.75, 3.05) is 25.1 Å². The minimum Gasteiger partial charge on any atom is -0.493 e. The van der Waals surface area contributed by atoms with Crippen molar-refractivity contribution >= 4 is 50.7 Å². The van der Waals surface area contributed by atoms with Crippen molar-refractivity contribution < 1.29 is 31.9 Å². The van der Waals surface area contributed by atoms with Crippen LogP contribution in [0.3, 0.4) is 0 Å². The van der Waals surface area contributed by atoms with Gasteiger partial charge in [-0.25, -0.2) is 12.8 Å². The van der Waals surface area contributed by atoms with E-state index in [1.54, 1.807) is 39.0 Å². The van der Waals surface area contributed by atoms with Crippen LogP contribution in [-0.4, -0.2) is 58.0 Å². The Morgan fingerprint density at radius 2 is 1.58 bits per heavy atom. The second-order valence-corrected chi connectivity index (χ2v) is 12.5. The minimum absolute atomic E-state index is 0.0405. The number of ether oxygens (including phenoxy) is 2. The molecule has 0 bridgehead atoms. The molecule has 9 nitrogen and oxygen atoms in total. The van der Waals surface area contributed by atoms with Gasteiger partial charge >= 0.3 is 0 Å². The lowest BCUT2D eigenvalue weighted by Crippen LogP contribution is -2.53. The Labute approximate surface area is 261 Å². The van der Waals surface area contributed by atoms with Crippen molar-refractivity contribution in [3.8, 4) is 11.5 Å². The number of benzene rings is 3. The van der Waals surface area contributed by atoms with E-state index in [0.717, 1.165) is 16.4 Å². The number of amides is 2. The van der Waals surface area contributed by atoms with E-state index in [1.165, 1.54) is 49.5 Å². The summed E-state index contributed by atoms with van der Waals surface area (Å²) in [4.78, 5) is 28.4. The van der Waals surface area contributed by atoms with Crippen LogP contribution >= 0.6 is 23.2 Å². The third kappa shape index (κ3) is 8.31. The van der Waals surface area contributed by atoms with Crippen LogP contribution in [0.2, 0.25) is 10.0 Å². The highest BCUT2D eigenvalue weighted by atomic mass is 35.5. The van der Waals surface area contributed by atoms with Crippen LogP contribution in [0.1, 0.15) is 32.8 Å². The first-order valence-corrected chi connectivity index (χ1v) is 15.6. The van der Waals surface area contributed by atoms with Crippen LogP contribution in [0, 0.1) is 5.82 Å². The summed E-state index contributed by atoms with van der Waals surface area (Å²) < 4.78 is 53.3. The molecule has 0 radical (unpaired) electrons. The Morgan fingerprint density at radius 1 is 0.930 bits per heavy atom. The van der Waals surface area contributed by atoms with Gasteiger partial charge in [0.15, 0.2) is 11.5 Å². The summed E-state index contributed by atoms with van der Waals surface area (Å²) in [6.45, 7) is 4.57. The monoisotopic (exact) mass is 653 g/mol. The average molecular weight is 655 g/mol. The zero-order valence-corrected chi connectivity index (χ0v) is 26.8. The predicted octanol–water partition coefficient (Wildman–Crippen LogP) is 5.68. The molecule has 0 fully saturated rings. The van der Waals surface area contributed by atoms with Gasteiger partial charge in [-0.1, -0.05) is 36.2 Å². The summed E-state index contributed by atoms with van der Waals surface area (Å²) in [6.07, 6.45) is 0.241. The molecule has 0 spiro atoms. The smallest absolute Gasteiger partial charge is 0.264 e. The summed E-state index contributed by atoms with van der Waals surface area (Å²) in [5, 5.41) is 3.40. The van der Waals surface area contributed by atoms with Gasteiger partial charge in [0.05, 0.1) is 34.8 Å². The van der Waals surface area contributed by atoms with E-state index in [-0.39, 0.29) is 40.4 Å². The molecule has 2 amide bonds. The SMILES string of the molecule is CC[C@H](C(=O)NC(C)C)N(Cc1ccc(Cl)c(Cl)c1)C(=O)CN(c1ccc(F)cc1)S(=O)(=O)c1ccc(OC)c(OC)c1. The van der Waals surface area contributed by atoms with Crippen LogP contribution in [-0.2, 0) is 26.2 Å². The fourth-order valence-electron chi connectivity index (χ4n) is 4.38. The van der Waals surface area contributed by atoms with E-state index in [9.17, 15) is 22.4 Å². The molecule has 0 aliphatic heterocycles. The fourth-order valence-corrected chi connectivity index (χ4v) is 6.13. The normalized spacial score (nSPS) is 12.0. The highest BCUT2D eigenvalue weighted by Crippen LogP contribution is 2.32. The Kier molecular flexibility index (Phi) is 11.7. The Bertz CT molecular complexity index is 1550. The second kappa shape index (κ2) is 14.8. The van der Waals surface area contributed by atoms with Crippen LogP contribution < -0.4 is 19.1 Å². The van der Waals surface area contributed by atoms with Gasteiger partial charge in [-0.05, 0) is 74.4 Å². The zero-order chi connectivity index (χ0) is 31.9. The van der Waals surface area contributed by atoms with Crippen LogP contribution in [0.5, 0.6) is 11.5 Å². The van der Waals surface area contributed by atoms with Gasteiger partial charge < -0.3 is 19.7 Å². The van der Waals surface area contributed by atoms with Crippen molar-refractivity contribution in [2.24, 2.45) is 0 Å². The number of hydrogen-bond acceptors (Lipinski definition) is 6. The van der Waals surface area contributed by atoms with E-state index >= 15 is 0 Å². The lowest BCUT2D eigenvalue weighted by Gasteiger charge is -2.33. The molecule has 0 heterocycles. The molecule has 0 saturated heterocycles. The summed E-state index contributed by atoms with van der Waals surface area (Å²) in [5.74, 6) is -1.20. The molecule has 1 atom stereocenters. The summed E-state index contributed by atoms with van der Waals surface area (Å²) in [7, 11) is -1.64. The van der Waals surface area contributed by atoms with Crippen LogP contribution in [0.25, 0.3) is 0 Å². The quantitative estimate of drug-likeness (QED) is 0.255. The standard InChI is InChI=1S/C30H34Cl2FN3O6S/c1-6-26(30(38)34-19(2)3)35(17-20-7-13-24(31)25(32)15-20)29(37)18-36(22-10-8-21(33)9-11-22)43(39,40)23-12-14-27(41-4)28(16-23)42-5/h7-16,19,26H,6,17-18H2,1-5H3,(H,34,38)/t26-/m1/s1. The van der Waals surface area contributed by atoms with Gasteiger partial charge in [-0.15, -0.1) is 0 Å². The molecule has 3 rings (SSSR count). The largest absolute Gasteiger partial charge is 0.493 e. The molecule has 1 N–H and O–H groups in total. The van der Waals surface area contributed by atoms with Gasteiger partial charge in [0.1, 0.15) is 18.4 Å². The predicted molar refractivity (Wildman–Crippen MR) is 165 cm³/mol. The summed E-state index contributed by atoms with van der Waals surface area (Å²) >= 11 is 12.3. The number of carbonyl (C=O) groups excluding carboxylic acids is 2. The Hall–Kier alpha value is -3.54. The second-order valence-electron chi connectivity index (χ2n) is 9.86. The van der Waals surface area contributed by atoms with Crippen molar-refractivity contribution in [1.82, 2.24) is 10.2 Å². The lowest BCUT2D eigenvalue weighted by atomic mass is 10.1. The number of carbonyl (C=O) groups is 2. The zero-order valence-electron chi connectivity index (χ0n) is 24.4. The van der Waals surface area contributed by atoms with Crippen molar-refractivity contribution in [3.63, 3.8) is 0 Å². The van der Waals surface area contributed by atoms with Gasteiger partial charge in [0, 0.05) is 18.7 Å². The van der Waals surface area contributed by atoms with Crippen molar-refractivity contribution in [2.45, 2.75) is 50.7 Å². The Morgan fingerprint density at radius 3 is 2.14 bits per heavy atom. The van der Waals surface area contributed by atoms with E-state index in [0.29, 0.717) is 16.3 Å². The molecule has 0 saturated carbocycles. The molecule has 3 aromatic carbocycles. The first kappa shape index (κ1) is 34.0. The maximum absolute atomic E-state index is 14.1. The van der Waals surface area contributed by atoms with Gasteiger partial charge in [-0.3, -0.25) is 13.9 Å². The first-order valence-electron chi connectivity index (χ1n) is 13.4. The molecule has 13 heteroatoms. The number of rotatable bonds is 13. The molecule has 0 aromatic heterocycles. The molecule has 0 aliphatic carbocycles. The summed E-state index contributed by atoms with van der Waals surface area (Å²) in [6, 6.07) is 12.4. The van der Waals surface area contributed by atoms with E-state index in [4.69, 9.17) is 32.7 Å². The highest BCUT2D eigenvalue weighted by Gasteiger charge is 2.34. The first-order chi connectivity index (χ1) is 20.3. The maximum Gasteiger partial charge on any atom is 0.264 e. The number of hydrogen-bond donors (Lipinski definition) is 1. The molecule has 0 aliphatic rings. The number of sulfonamides is 1. The number of methoxy groups -OCH3 is 2. The lowest BCUT2D eigenvalue weighted by molar-refractivity contribution is -0.140. The van der Waals surface area contributed by atoms with E-state index in [1.807, 2.05) is 0 Å². The number of halogens is 3. The molecular weight excluding hydrogens is 620 g/mol. The van der Waals surface area contributed by atoms with E-state index in [2.05, 4.69) is 5.32 Å².